The summed E-state index contributed by atoms with van der Waals surface area (Å²) in [5.74, 6) is 0.435. The van der Waals surface area contributed by atoms with E-state index >= 15 is 0 Å². The average molecular weight is 277 g/mol. The smallest absolute Gasteiger partial charge is 0.224 e. The quantitative estimate of drug-likeness (QED) is 0.636. The molecule has 98 valence electrons. The van der Waals surface area contributed by atoms with Crippen LogP contribution in [-0.4, -0.2) is 30.5 Å². The van der Waals surface area contributed by atoms with Crippen LogP contribution in [0.25, 0.3) is 0 Å². The lowest BCUT2D eigenvalue weighted by Gasteiger charge is -2.23. The molecule has 0 aliphatic rings. The summed E-state index contributed by atoms with van der Waals surface area (Å²) < 4.78 is 0. The van der Waals surface area contributed by atoms with Gasteiger partial charge in [0.1, 0.15) is 5.82 Å². The minimum Gasteiger partial charge on any atom is -0.376 e. The lowest BCUT2D eigenvalue weighted by atomic mass is 10.2. The number of rotatable bonds is 4. The summed E-state index contributed by atoms with van der Waals surface area (Å²) in [6, 6.07) is 9.18. The maximum absolute atomic E-state index is 11.4. The second-order valence-corrected chi connectivity index (χ2v) is 4.38. The highest BCUT2D eigenvalue weighted by molar-refractivity contribution is 6.28. The van der Waals surface area contributed by atoms with Crippen LogP contribution in [0.1, 0.15) is 0 Å². The predicted octanol–water partition coefficient (Wildman–Crippen LogP) is 2.49. The van der Waals surface area contributed by atoms with Crippen molar-refractivity contribution >= 4 is 35.2 Å². The molecule has 19 heavy (non-hydrogen) atoms. The molecule has 0 fully saturated rings. The maximum atomic E-state index is 11.4. The summed E-state index contributed by atoms with van der Waals surface area (Å²) in [5.41, 5.74) is 1.64. The van der Waals surface area contributed by atoms with Crippen LogP contribution >= 0.6 is 11.6 Å². The maximum Gasteiger partial charge on any atom is 0.224 e. The van der Waals surface area contributed by atoms with Crippen molar-refractivity contribution in [2.24, 2.45) is 0 Å². The van der Waals surface area contributed by atoms with Gasteiger partial charge in [0.2, 0.25) is 11.7 Å². The molecule has 1 amide bonds. The number of nitrogens with zero attached hydrogens (tertiary/aromatic N) is 4. The van der Waals surface area contributed by atoms with Crippen LogP contribution in [-0.2, 0) is 4.79 Å². The molecule has 0 radical (unpaired) electrons. The van der Waals surface area contributed by atoms with Crippen molar-refractivity contribution in [2.45, 2.75) is 0 Å². The van der Waals surface area contributed by atoms with Crippen molar-refractivity contribution in [3.8, 4) is 0 Å². The Balaban J connectivity index is 2.51. The summed E-state index contributed by atoms with van der Waals surface area (Å²) in [4.78, 5) is 22.6. The molecule has 0 bridgehead atoms. The zero-order chi connectivity index (χ0) is 13.8. The van der Waals surface area contributed by atoms with Gasteiger partial charge < -0.3 is 4.90 Å². The van der Waals surface area contributed by atoms with E-state index in [4.69, 9.17) is 11.6 Å². The van der Waals surface area contributed by atoms with Gasteiger partial charge in [0.05, 0.1) is 11.4 Å². The fourth-order valence-electron chi connectivity index (χ4n) is 1.74. The summed E-state index contributed by atoms with van der Waals surface area (Å²) in [6.45, 7) is 0. The standard InChI is InChI=1S/C13H13ClN4O/c1-17(2)10-5-3-4-6-11(10)18(9-19)12-7-8-15-13(14)16-12/h3-9H,1-2H3. The first-order valence-corrected chi connectivity index (χ1v) is 6.00. The monoisotopic (exact) mass is 276 g/mol. The van der Waals surface area contributed by atoms with Crippen LogP contribution in [0.15, 0.2) is 36.5 Å². The number of aromatic nitrogens is 2. The molecule has 2 rings (SSSR count). The Morgan fingerprint density at radius 2 is 1.84 bits per heavy atom. The number of carbonyl (C=O) groups is 1. The molecular weight excluding hydrogens is 264 g/mol. The van der Waals surface area contributed by atoms with Crippen molar-refractivity contribution in [3.63, 3.8) is 0 Å². The number of anilines is 3. The van der Waals surface area contributed by atoms with Crippen molar-refractivity contribution in [2.75, 3.05) is 23.9 Å². The lowest BCUT2D eigenvalue weighted by Crippen LogP contribution is -2.20. The van der Waals surface area contributed by atoms with Gasteiger partial charge in [-0.15, -0.1) is 0 Å². The number of halogens is 1. The lowest BCUT2D eigenvalue weighted by molar-refractivity contribution is -0.106. The number of para-hydroxylation sites is 2. The van der Waals surface area contributed by atoms with Crippen LogP contribution in [0.5, 0.6) is 0 Å². The molecule has 1 aromatic heterocycles. The fraction of sp³-hybridized carbons (Fsp3) is 0.154. The van der Waals surface area contributed by atoms with E-state index in [-0.39, 0.29) is 5.28 Å². The number of hydrogen-bond donors (Lipinski definition) is 0. The Hall–Kier alpha value is -2.14. The van der Waals surface area contributed by atoms with E-state index in [1.54, 1.807) is 6.07 Å². The Labute approximate surface area is 116 Å². The molecule has 0 aliphatic carbocycles. The van der Waals surface area contributed by atoms with Gasteiger partial charge in [-0.1, -0.05) is 12.1 Å². The zero-order valence-corrected chi connectivity index (χ0v) is 11.4. The third kappa shape index (κ3) is 2.82. The van der Waals surface area contributed by atoms with Crippen LogP contribution in [0, 0.1) is 0 Å². The molecule has 0 unspecified atom stereocenters. The second-order valence-electron chi connectivity index (χ2n) is 4.04. The third-order valence-corrected chi connectivity index (χ3v) is 2.77. The molecule has 0 N–H and O–H groups in total. The van der Waals surface area contributed by atoms with Crippen molar-refractivity contribution in [1.82, 2.24) is 9.97 Å². The first-order valence-electron chi connectivity index (χ1n) is 5.63. The van der Waals surface area contributed by atoms with Gasteiger partial charge in [-0.2, -0.15) is 4.98 Å². The van der Waals surface area contributed by atoms with Gasteiger partial charge in [-0.3, -0.25) is 9.69 Å². The zero-order valence-electron chi connectivity index (χ0n) is 10.6. The van der Waals surface area contributed by atoms with Gasteiger partial charge in [-0.05, 0) is 29.8 Å². The summed E-state index contributed by atoms with van der Waals surface area (Å²) in [5, 5.41) is 0.103. The Kier molecular flexibility index (Phi) is 3.97. The molecule has 0 saturated heterocycles. The molecule has 0 atom stereocenters. The van der Waals surface area contributed by atoms with Crippen LogP contribution in [0.3, 0.4) is 0 Å². The molecule has 0 aliphatic heterocycles. The number of hydrogen-bond acceptors (Lipinski definition) is 4. The molecule has 5 nitrogen and oxygen atoms in total. The van der Waals surface area contributed by atoms with Crippen molar-refractivity contribution in [1.29, 1.82) is 0 Å². The predicted molar refractivity (Wildman–Crippen MR) is 76.0 cm³/mol. The van der Waals surface area contributed by atoms with Crippen LogP contribution in [0.4, 0.5) is 17.2 Å². The van der Waals surface area contributed by atoms with E-state index in [1.807, 2.05) is 43.3 Å². The van der Waals surface area contributed by atoms with E-state index < -0.39 is 0 Å². The molecule has 6 heteroatoms. The third-order valence-electron chi connectivity index (χ3n) is 2.59. The molecule has 0 saturated carbocycles. The molecule has 0 spiro atoms. The topological polar surface area (TPSA) is 49.3 Å². The highest BCUT2D eigenvalue weighted by Crippen LogP contribution is 2.31. The minimum absolute atomic E-state index is 0.103. The van der Waals surface area contributed by atoms with Crippen molar-refractivity contribution < 1.29 is 4.79 Å². The molecular formula is C13H13ClN4O. The van der Waals surface area contributed by atoms with Crippen LogP contribution in [0.2, 0.25) is 5.28 Å². The molecule has 2 aromatic rings. The fourth-order valence-corrected chi connectivity index (χ4v) is 1.88. The Morgan fingerprint density at radius 3 is 2.42 bits per heavy atom. The average Bonchev–Trinajstić information content (AvgIpc) is 2.40. The van der Waals surface area contributed by atoms with Gasteiger partial charge in [0.25, 0.3) is 0 Å². The second kappa shape index (κ2) is 5.67. The SMILES string of the molecule is CN(C)c1ccccc1N(C=O)c1ccnc(Cl)n1. The first kappa shape index (κ1) is 13.3. The van der Waals surface area contributed by atoms with E-state index in [1.165, 1.54) is 11.1 Å². The highest BCUT2D eigenvalue weighted by atomic mass is 35.5. The van der Waals surface area contributed by atoms with E-state index in [0.29, 0.717) is 12.2 Å². The minimum atomic E-state index is 0.103. The summed E-state index contributed by atoms with van der Waals surface area (Å²) in [6.07, 6.45) is 2.22. The number of carbonyl (C=O) groups excluding carboxylic acids is 1. The van der Waals surface area contributed by atoms with Gasteiger partial charge in [0.15, 0.2) is 0 Å². The largest absolute Gasteiger partial charge is 0.376 e. The Bertz CT molecular complexity index is 588. The summed E-state index contributed by atoms with van der Waals surface area (Å²) >= 11 is 5.76. The summed E-state index contributed by atoms with van der Waals surface area (Å²) in [7, 11) is 3.82. The van der Waals surface area contributed by atoms with Gasteiger partial charge >= 0.3 is 0 Å². The van der Waals surface area contributed by atoms with E-state index in [9.17, 15) is 4.79 Å². The normalized spacial score (nSPS) is 10.1. The van der Waals surface area contributed by atoms with Gasteiger partial charge in [-0.25, -0.2) is 4.98 Å². The first-order chi connectivity index (χ1) is 9.13. The van der Waals surface area contributed by atoms with E-state index in [0.717, 1.165) is 11.4 Å². The molecule has 1 aromatic carbocycles. The number of benzene rings is 1. The number of amides is 1. The van der Waals surface area contributed by atoms with E-state index in [2.05, 4.69) is 9.97 Å². The van der Waals surface area contributed by atoms with Crippen LogP contribution < -0.4 is 9.80 Å². The Morgan fingerprint density at radius 1 is 1.16 bits per heavy atom. The highest BCUT2D eigenvalue weighted by Gasteiger charge is 2.15. The van der Waals surface area contributed by atoms with Crippen molar-refractivity contribution in [3.05, 3.63) is 41.8 Å². The molecule has 1 heterocycles. The van der Waals surface area contributed by atoms with Gasteiger partial charge in [0, 0.05) is 20.3 Å².